The summed E-state index contributed by atoms with van der Waals surface area (Å²) >= 11 is 0. The van der Waals surface area contributed by atoms with Crippen LogP contribution in [-0.2, 0) is 16.1 Å². The molecule has 1 amide bonds. The highest BCUT2D eigenvalue weighted by Gasteiger charge is 2.27. The van der Waals surface area contributed by atoms with Gasteiger partial charge in [0.15, 0.2) is 6.04 Å². The van der Waals surface area contributed by atoms with Crippen molar-refractivity contribution in [3.05, 3.63) is 71.0 Å². The van der Waals surface area contributed by atoms with Crippen LogP contribution in [0.2, 0.25) is 0 Å². The molecule has 2 atom stereocenters. The summed E-state index contributed by atoms with van der Waals surface area (Å²) in [5.41, 5.74) is 1.25. The van der Waals surface area contributed by atoms with Gasteiger partial charge in [0.25, 0.3) is 5.91 Å². The number of hydrogen-bond donors (Lipinski definition) is 2. The number of esters is 1. The molecule has 0 spiro atoms. The molecule has 0 aliphatic heterocycles. The number of hydrogen-bond acceptors (Lipinski definition) is 4. The molecule has 0 radical (unpaired) electrons. The lowest BCUT2D eigenvalue weighted by molar-refractivity contribution is -0.150. The predicted octanol–water partition coefficient (Wildman–Crippen LogP) is 2.36. The molecule has 0 unspecified atom stereocenters. The number of aliphatic hydroxyl groups is 1. The van der Waals surface area contributed by atoms with Crippen LogP contribution in [0.25, 0.3) is 0 Å². The third kappa shape index (κ3) is 5.12. The second-order valence-corrected chi connectivity index (χ2v) is 5.75. The number of ether oxygens (including phenoxy) is 1. The Morgan fingerprint density at radius 1 is 1.20 bits per heavy atom. The fourth-order valence-electron chi connectivity index (χ4n) is 2.15. The first-order valence-electron chi connectivity index (χ1n) is 7.84. The molecular formula is C19H20FNO4. The van der Waals surface area contributed by atoms with E-state index in [0.717, 1.165) is 11.6 Å². The Balaban J connectivity index is 2.02. The van der Waals surface area contributed by atoms with Crippen molar-refractivity contribution in [3.8, 4) is 0 Å². The van der Waals surface area contributed by atoms with Crippen LogP contribution in [0, 0.1) is 12.7 Å². The van der Waals surface area contributed by atoms with Crippen molar-refractivity contribution < 1.29 is 23.8 Å². The molecule has 25 heavy (non-hydrogen) atoms. The van der Waals surface area contributed by atoms with E-state index >= 15 is 0 Å². The van der Waals surface area contributed by atoms with Gasteiger partial charge in [0.05, 0.1) is 6.10 Å². The SMILES string of the molecule is Cc1ccc(C(=O)N[C@H](C(=O)OCc2ccccc2)[C@H](C)O)cc1F. The number of benzene rings is 2. The lowest BCUT2D eigenvalue weighted by atomic mass is 10.1. The predicted molar refractivity (Wildman–Crippen MR) is 90.3 cm³/mol. The van der Waals surface area contributed by atoms with Crippen molar-refractivity contribution in [1.29, 1.82) is 0 Å². The smallest absolute Gasteiger partial charge is 0.331 e. The minimum absolute atomic E-state index is 0.0257. The van der Waals surface area contributed by atoms with Gasteiger partial charge in [-0.05, 0) is 37.1 Å². The molecule has 5 nitrogen and oxygen atoms in total. The van der Waals surface area contributed by atoms with Gasteiger partial charge in [0.2, 0.25) is 0 Å². The topological polar surface area (TPSA) is 75.6 Å². The molecule has 2 aromatic rings. The van der Waals surface area contributed by atoms with Crippen molar-refractivity contribution in [2.45, 2.75) is 32.6 Å². The molecule has 2 aromatic carbocycles. The van der Waals surface area contributed by atoms with E-state index in [-0.39, 0.29) is 12.2 Å². The third-order valence-corrected chi connectivity index (χ3v) is 3.68. The van der Waals surface area contributed by atoms with E-state index in [1.807, 2.05) is 18.2 Å². The fraction of sp³-hybridized carbons (Fsp3) is 0.263. The summed E-state index contributed by atoms with van der Waals surface area (Å²) in [5, 5.41) is 12.2. The molecule has 2 rings (SSSR count). The van der Waals surface area contributed by atoms with E-state index in [9.17, 15) is 19.1 Å². The quantitative estimate of drug-likeness (QED) is 0.788. The third-order valence-electron chi connectivity index (χ3n) is 3.68. The van der Waals surface area contributed by atoms with Gasteiger partial charge in [0.1, 0.15) is 12.4 Å². The zero-order valence-electron chi connectivity index (χ0n) is 14.0. The molecule has 0 aliphatic rings. The van der Waals surface area contributed by atoms with E-state index in [1.54, 1.807) is 19.1 Å². The zero-order valence-corrected chi connectivity index (χ0v) is 14.0. The largest absolute Gasteiger partial charge is 0.459 e. The van der Waals surface area contributed by atoms with Gasteiger partial charge in [0, 0.05) is 5.56 Å². The lowest BCUT2D eigenvalue weighted by Crippen LogP contribution is -2.48. The van der Waals surface area contributed by atoms with Crippen LogP contribution in [0.3, 0.4) is 0 Å². The molecule has 6 heteroatoms. The van der Waals surface area contributed by atoms with Crippen molar-refractivity contribution in [1.82, 2.24) is 5.32 Å². The fourth-order valence-corrected chi connectivity index (χ4v) is 2.15. The number of rotatable bonds is 6. The number of carbonyl (C=O) groups is 2. The summed E-state index contributed by atoms with van der Waals surface area (Å²) in [6.07, 6.45) is -1.16. The first kappa shape index (κ1) is 18.6. The summed E-state index contributed by atoms with van der Waals surface area (Å²) < 4.78 is 18.7. The minimum atomic E-state index is -1.25. The molecule has 132 valence electrons. The van der Waals surface area contributed by atoms with Crippen LogP contribution in [-0.4, -0.2) is 29.1 Å². The molecule has 2 N–H and O–H groups in total. The normalized spacial score (nSPS) is 13.0. The molecule has 0 heterocycles. The van der Waals surface area contributed by atoms with Gasteiger partial charge in [-0.3, -0.25) is 4.79 Å². The van der Waals surface area contributed by atoms with Gasteiger partial charge < -0.3 is 15.2 Å². The number of carbonyl (C=O) groups excluding carboxylic acids is 2. The van der Waals surface area contributed by atoms with E-state index < -0.39 is 29.8 Å². The number of nitrogens with one attached hydrogen (secondary N) is 1. The van der Waals surface area contributed by atoms with Crippen molar-refractivity contribution in [3.63, 3.8) is 0 Å². The van der Waals surface area contributed by atoms with Gasteiger partial charge >= 0.3 is 5.97 Å². The maximum absolute atomic E-state index is 13.6. The van der Waals surface area contributed by atoms with E-state index in [4.69, 9.17) is 4.74 Å². The van der Waals surface area contributed by atoms with E-state index in [0.29, 0.717) is 5.56 Å². The zero-order chi connectivity index (χ0) is 18.4. The molecule has 0 bridgehead atoms. The van der Waals surface area contributed by atoms with Crippen LogP contribution in [0.5, 0.6) is 0 Å². The molecule has 0 saturated heterocycles. The van der Waals surface area contributed by atoms with Crippen molar-refractivity contribution in [2.24, 2.45) is 0 Å². The van der Waals surface area contributed by atoms with E-state index in [2.05, 4.69) is 5.32 Å². The first-order valence-corrected chi connectivity index (χ1v) is 7.84. The van der Waals surface area contributed by atoms with Crippen LogP contribution in [0.1, 0.15) is 28.4 Å². The number of aryl methyl sites for hydroxylation is 1. The van der Waals surface area contributed by atoms with Crippen molar-refractivity contribution in [2.75, 3.05) is 0 Å². The average molecular weight is 345 g/mol. The second kappa shape index (κ2) is 8.39. The Kier molecular flexibility index (Phi) is 6.25. The number of halogens is 1. The average Bonchev–Trinajstić information content (AvgIpc) is 2.60. The van der Waals surface area contributed by atoms with Gasteiger partial charge in [-0.15, -0.1) is 0 Å². The molecular weight excluding hydrogens is 325 g/mol. The van der Waals surface area contributed by atoms with Crippen LogP contribution in [0.4, 0.5) is 4.39 Å². The summed E-state index contributed by atoms with van der Waals surface area (Å²) in [6, 6.07) is 11.8. The Hall–Kier alpha value is -2.73. The van der Waals surface area contributed by atoms with Crippen LogP contribution < -0.4 is 5.32 Å². The standard InChI is InChI=1S/C19H20FNO4/c1-12-8-9-15(10-16(12)20)18(23)21-17(13(2)22)19(24)25-11-14-6-4-3-5-7-14/h3-10,13,17,22H,11H2,1-2H3,(H,21,23)/t13-,17-/m0/s1. The summed E-state index contributed by atoms with van der Waals surface area (Å²) in [6.45, 7) is 2.97. The lowest BCUT2D eigenvalue weighted by Gasteiger charge is -2.20. The Morgan fingerprint density at radius 2 is 1.88 bits per heavy atom. The van der Waals surface area contributed by atoms with E-state index in [1.165, 1.54) is 19.1 Å². The van der Waals surface area contributed by atoms with Gasteiger partial charge in [-0.1, -0.05) is 36.4 Å². The Morgan fingerprint density at radius 3 is 2.48 bits per heavy atom. The van der Waals surface area contributed by atoms with Crippen molar-refractivity contribution >= 4 is 11.9 Å². The monoisotopic (exact) mass is 345 g/mol. The highest BCUT2D eigenvalue weighted by Crippen LogP contribution is 2.10. The second-order valence-electron chi connectivity index (χ2n) is 5.75. The molecule has 0 saturated carbocycles. The van der Waals surface area contributed by atoms with Crippen LogP contribution in [0.15, 0.2) is 48.5 Å². The Bertz CT molecular complexity index is 746. The number of amides is 1. The summed E-state index contributed by atoms with van der Waals surface area (Å²) in [5.74, 6) is -1.95. The molecule has 0 fully saturated rings. The van der Waals surface area contributed by atoms with Gasteiger partial charge in [-0.2, -0.15) is 0 Å². The maximum atomic E-state index is 13.6. The highest BCUT2D eigenvalue weighted by atomic mass is 19.1. The highest BCUT2D eigenvalue weighted by molar-refractivity contribution is 5.97. The molecule has 0 aliphatic carbocycles. The van der Waals surface area contributed by atoms with Gasteiger partial charge in [-0.25, -0.2) is 9.18 Å². The summed E-state index contributed by atoms with van der Waals surface area (Å²) in [4.78, 5) is 24.4. The maximum Gasteiger partial charge on any atom is 0.331 e. The molecule has 0 aromatic heterocycles. The van der Waals surface area contributed by atoms with Crippen LogP contribution >= 0.6 is 0 Å². The Labute approximate surface area is 145 Å². The minimum Gasteiger partial charge on any atom is -0.459 e. The number of aliphatic hydroxyl groups excluding tert-OH is 1. The first-order chi connectivity index (χ1) is 11.9. The summed E-state index contributed by atoms with van der Waals surface area (Å²) in [7, 11) is 0.